The third-order valence-corrected chi connectivity index (χ3v) is 17.3. The van der Waals surface area contributed by atoms with E-state index in [1.807, 2.05) is 36.1 Å². The molecule has 26 nitrogen and oxygen atoms in total. The Bertz CT molecular complexity index is 2710. The number of amides is 5. The lowest BCUT2D eigenvalue weighted by Crippen LogP contribution is -2.46. The molecule has 434 valence electrons. The van der Waals surface area contributed by atoms with Gasteiger partial charge in [0, 0.05) is 103 Å². The van der Waals surface area contributed by atoms with Crippen LogP contribution in [0.4, 0.5) is 16.7 Å². The Morgan fingerprint density at radius 2 is 1.53 bits per heavy atom. The summed E-state index contributed by atoms with van der Waals surface area (Å²) in [5.41, 5.74) is 6.99. The number of fused-ring (bicyclic) bond motifs is 1. The maximum Gasteiger partial charge on any atom is 0.407 e. The molecule has 5 rings (SSSR count). The second kappa shape index (κ2) is 32.5. The molecule has 79 heavy (non-hydrogen) atoms. The number of anilines is 2. The molecular weight excluding hydrogens is 1110 g/mol. The summed E-state index contributed by atoms with van der Waals surface area (Å²) in [5, 5.41) is 30.0. The number of carbonyl (C=O) groups excluding carboxylic acids is 6. The van der Waals surface area contributed by atoms with E-state index in [-0.39, 0.29) is 112 Å². The fourth-order valence-electron chi connectivity index (χ4n) is 8.20. The second-order valence-corrected chi connectivity index (χ2v) is 23.8. The van der Waals surface area contributed by atoms with Gasteiger partial charge in [0.05, 0.1) is 54.7 Å². The number of hydrogen-bond donors (Lipinski definition) is 6. The number of nitrogens with one attached hydrogen (secondary N) is 4. The number of halogens is 1. The zero-order chi connectivity index (χ0) is 57.3. The van der Waals surface area contributed by atoms with Crippen molar-refractivity contribution in [1.82, 2.24) is 60.9 Å². The lowest BCUT2D eigenvalue weighted by Gasteiger charge is -2.39. The summed E-state index contributed by atoms with van der Waals surface area (Å²) in [7, 11) is 0.713. The minimum absolute atomic E-state index is 0.0112. The number of ketones is 1. The van der Waals surface area contributed by atoms with Crippen LogP contribution in [0.1, 0.15) is 108 Å². The van der Waals surface area contributed by atoms with Crippen molar-refractivity contribution < 1.29 is 52.6 Å². The molecule has 1 fully saturated rings. The number of hydrogen-bond acceptors (Lipinski definition) is 19. The molecule has 2 unspecified atom stereocenters. The maximum atomic E-state index is 13.3. The Morgan fingerprint density at radius 1 is 0.823 bits per heavy atom. The molecule has 5 amide bonds. The van der Waals surface area contributed by atoms with Crippen LogP contribution in [-0.4, -0.2) is 172 Å². The minimum atomic E-state index is -2.49. The number of rotatable bonds is 35. The van der Waals surface area contributed by atoms with Gasteiger partial charge in [-0.3, -0.25) is 28.7 Å². The van der Waals surface area contributed by atoms with Crippen molar-refractivity contribution in [2.45, 2.75) is 116 Å². The van der Waals surface area contributed by atoms with Crippen LogP contribution < -0.4 is 41.5 Å². The first-order chi connectivity index (χ1) is 37.8. The van der Waals surface area contributed by atoms with Crippen molar-refractivity contribution in [3.05, 3.63) is 46.3 Å². The lowest BCUT2D eigenvalue weighted by molar-refractivity contribution is -0.122. The summed E-state index contributed by atoms with van der Waals surface area (Å²) in [4.78, 5) is 95.7. The number of pyridine rings is 1. The van der Waals surface area contributed by atoms with Crippen LogP contribution in [0.5, 0.6) is 11.8 Å². The van der Waals surface area contributed by atoms with Crippen molar-refractivity contribution in [1.29, 1.82) is 0 Å². The molecule has 1 saturated heterocycles. The number of phenols is 1. The average molecular weight is 1190 g/mol. The van der Waals surface area contributed by atoms with Crippen LogP contribution >= 0.6 is 23.2 Å². The van der Waals surface area contributed by atoms with E-state index < -0.39 is 25.4 Å². The van der Waals surface area contributed by atoms with E-state index in [9.17, 15) is 38.4 Å². The van der Waals surface area contributed by atoms with E-state index in [4.69, 9.17) is 24.9 Å². The fraction of sp³-hybridized carbons (Fsp3) is 0.608. The van der Waals surface area contributed by atoms with E-state index in [0.29, 0.717) is 118 Å². The van der Waals surface area contributed by atoms with Gasteiger partial charge in [-0.2, -0.15) is 15.0 Å². The number of alkyl carbamates (subject to hydrolysis) is 1. The van der Waals surface area contributed by atoms with Crippen LogP contribution in [0.25, 0.3) is 10.9 Å². The molecule has 0 bridgehead atoms. The summed E-state index contributed by atoms with van der Waals surface area (Å²) >= 11 is 3.40. The highest BCUT2D eigenvalue weighted by Gasteiger charge is 2.33. The monoisotopic (exact) mass is 1190 g/mol. The molecule has 0 saturated carbocycles. The average Bonchev–Trinajstić information content (AvgIpc) is 3.92. The zero-order valence-electron chi connectivity index (χ0n) is 45.9. The van der Waals surface area contributed by atoms with Crippen molar-refractivity contribution in [3.63, 3.8) is 0 Å². The summed E-state index contributed by atoms with van der Waals surface area (Å²) in [5.74, 6) is -0.365. The third-order valence-electron chi connectivity index (χ3n) is 13.1. The van der Waals surface area contributed by atoms with Crippen LogP contribution in [0.2, 0.25) is 0 Å². The van der Waals surface area contributed by atoms with Gasteiger partial charge in [0.2, 0.25) is 35.5 Å². The number of Topliss-reactive ketones (excluding diaryl/α,β-unsaturated/α-hetero) is 1. The number of aryl methyl sites for hydroxylation is 1. The second-order valence-electron chi connectivity index (χ2n) is 19.5. The van der Waals surface area contributed by atoms with Gasteiger partial charge in [-0.15, -0.1) is 5.10 Å². The first-order valence-electron chi connectivity index (χ1n) is 26.7. The number of phenolic OH excluding ortho intramolecular Hbond substituents is 1. The Hall–Kier alpha value is -6.57. The molecule has 1 aliphatic heterocycles. The molecular formula is C51H77BrN15O11P. The number of aromatic hydroxyl groups is 1. The molecule has 4 aromatic rings. The molecule has 0 radical (unpaired) electrons. The van der Waals surface area contributed by atoms with Gasteiger partial charge in [0.1, 0.15) is 37.2 Å². The predicted octanol–water partition coefficient (Wildman–Crippen LogP) is 4.13. The van der Waals surface area contributed by atoms with Gasteiger partial charge in [-0.05, 0) is 72.7 Å². The summed E-state index contributed by atoms with van der Waals surface area (Å²) < 4.78 is 34.6. The van der Waals surface area contributed by atoms with Gasteiger partial charge in [0.15, 0.2) is 0 Å². The van der Waals surface area contributed by atoms with Crippen molar-refractivity contribution >= 4 is 81.5 Å². The maximum absolute atomic E-state index is 13.3. The number of unbranched alkanes of at least 4 members (excludes halogenated alkanes) is 3. The smallest absolute Gasteiger partial charge is 0.407 e. The van der Waals surface area contributed by atoms with Crippen LogP contribution in [0, 0.1) is 0 Å². The number of ether oxygens (including phenoxy) is 3. The Kier molecular flexibility index (Phi) is 26.0. The highest BCUT2D eigenvalue weighted by molar-refractivity contribution is 9.10. The molecule has 0 spiro atoms. The summed E-state index contributed by atoms with van der Waals surface area (Å²) in [6.07, 6.45) is 5.22. The number of nitrogens with zero attached hydrogens (tertiary/aromatic N) is 10. The minimum Gasteiger partial charge on any atom is -0.507 e. The summed E-state index contributed by atoms with van der Waals surface area (Å²) in [6.45, 7) is 9.56. The van der Waals surface area contributed by atoms with Gasteiger partial charge in [0.25, 0.3) is 0 Å². The predicted molar refractivity (Wildman–Crippen MR) is 299 cm³/mol. The number of likely N-dealkylation sites (N-methyl/N-ethyl adjacent to an activating group) is 1. The lowest BCUT2D eigenvalue weighted by atomic mass is 10.0. The third kappa shape index (κ3) is 21.5. The number of primary amides is 1. The fourth-order valence-corrected chi connectivity index (χ4v) is 10.3. The largest absolute Gasteiger partial charge is 0.507 e. The highest BCUT2D eigenvalue weighted by Crippen LogP contribution is 2.50. The molecule has 1 aromatic carbocycles. The van der Waals surface area contributed by atoms with Crippen LogP contribution in [0.3, 0.4) is 0 Å². The van der Waals surface area contributed by atoms with Crippen molar-refractivity contribution in [3.8, 4) is 11.8 Å². The first kappa shape index (κ1) is 63.3. The SMILES string of the molecule is CNC(=O)CCn1cc(CNC(=O)CCCCCNC(=O)OC(CCCC(=O)CCCCC(=O)NCCOCCOc2nc(N(C)CC(N)=O)nc(N3CCN(P(C)(=O)C(C)C)CC3)n2)c2ccc3ccc(O)c(Br)c3n2)nn1. The quantitative estimate of drug-likeness (QED) is 0.0279. The topological polar surface area (TPSA) is 334 Å². The number of carbonyl (C=O) groups is 6. The van der Waals surface area contributed by atoms with Gasteiger partial charge in [-0.25, -0.2) is 14.4 Å². The standard InChI is InChI=1S/C51H77BrN15O11P/c1-35(2)79(5,75)67-27-25-65(26-28-67)49-59-48(64(4)34-42(53)70)60-50(61-49)77-31-30-76-29-23-55-44(72)16-9-8-12-38(68)13-11-14-41(39-19-17-36-18-20-40(69)46(52)47(36)58-39)78-51(74)56-22-10-6-7-15-45(73)57-32-37-33-66(63-62-37)24-21-43(71)54-3/h17-20,33,35,41,69H,6-16,21-32,34H2,1-5H3,(H2,53,70)(H,54,71)(H,55,72)(H,56,74)(H,57,73). The molecule has 7 N–H and O–H groups in total. The van der Waals surface area contributed by atoms with E-state index in [1.54, 1.807) is 43.2 Å². The van der Waals surface area contributed by atoms with E-state index >= 15 is 0 Å². The van der Waals surface area contributed by atoms with E-state index in [0.717, 1.165) is 5.39 Å². The number of nitrogens with two attached hydrogens (primary N) is 1. The van der Waals surface area contributed by atoms with Gasteiger partial charge in [-0.1, -0.05) is 31.5 Å². The highest BCUT2D eigenvalue weighted by atomic mass is 79.9. The normalized spacial score (nSPS) is 13.8. The number of piperazine rings is 1. The van der Waals surface area contributed by atoms with E-state index in [2.05, 4.69) is 62.5 Å². The van der Waals surface area contributed by atoms with E-state index in [1.165, 1.54) is 4.90 Å². The molecule has 28 heteroatoms. The van der Waals surface area contributed by atoms with Crippen LogP contribution in [0.15, 0.2) is 34.9 Å². The van der Waals surface area contributed by atoms with Crippen LogP contribution in [-0.2, 0) is 51.1 Å². The molecule has 4 heterocycles. The Labute approximate surface area is 469 Å². The Balaban J connectivity index is 0.962. The van der Waals surface area contributed by atoms with Gasteiger partial charge < -0.3 is 60.7 Å². The molecule has 2 atom stereocenters. The molecule has 1 aliphatic rings. The van der Waals surface area contributed by atoms with Gasteiger partial charge >= 0.3 is 12.1 Å². The molecule has 3 aromatic heterocycles. The zero-order valence-corrected chi connectivity index (χ0v) is 48.4. The Morgan fingerprint density at radius 3 is 2.27 bits per heavy atom. The van der Waals surface area contributed by atoms with Crippen molar-refractivity contribution in [2.75, 3.05) is 96.2 Å². The molecule has 0 aliphatic carbocycles. The number of benzene rings is 1. The number of aromatic nitrogens is 7. The van der Waals surface area contributed by atoms with Crippen molar-refractivity contribution in [2.24, 2.45) is 5.73 Å². The summed E-state index contributed by atoms with van der Waals surface area (Å²) in [6, 6.07) is 6.90. The first-order valence-corrected chi connectivity index (χ1v) is 29.7.